The molecule has 0 aliphatic heterocycles. The molecule has 0 bridgehead atoms. The zero-order chi connectivity index (χ0) is 17.2. The summed E-state index contributed by atoms with van der Waals surface area (Å²) in [6.07, 6.45) is 0.720. The van der Waals surface area contributed by atoms with Crippen molar-refractivity contribution in [3.8, 4) is 0 Å². The molecule has 0 fully saturated rings. The molecule has 2 aromatic rings. The SMILES string of the molecule is CC(C)(C)Cc1nnc(NC(=O)c2cc(Cl)ccc2[N+](=O)[O-])s1. The van der Waals surface area contributed by atoms with E-state index in [1.165, 1.54) is 29.5 Å². The van der Waals surface area contributed by atoms with Crippen LogP contribution in [0, 0.1) is 15.5 Å². The molecule has 122 valence electrons. The summed E-state index contributed by atoms with van der Waals surface area (Å²) in [7, 11) is 0. The molecule has 23 heavy (non-hydrogen) atoms. The minimum absolute atomic E-state index is 0.0482. The summed E-state index contributed by atoms with van der Waals surface area (Å²) in [5.41, 5.74) is -0.381. The highest BCUT2D eigenvalue weighted by Gasteiger charge is 2.22. The van der Waals surface area contributed by atoms with Crippen LogP contribution in [-0.4, -0.2) is 21.0 Å². The van der Waals surface area contributed by atoms with Gasteiger partial charge in [-0.05, 0) is 17.5 Å². The molecule has 1 aromatic heterocycles. The predicted molar refractivity (Wildman–Crippen MR) is 89.1 cm³/mol. The fourth-order valence-corrected chi connectivity index (χ4v) is 3.05. The molecule has 0 radical (unpaired) electrons. The van der Waals surface area contributed by atoms with Gasteiger partial charge in [-0.3, -0.25) is 20.2 Å². The van der Waals surface area contributed by atoms with Crippen molar-refractivity contribution in [3.05, 3.63) is 43.9 Å². The van der Waals surface area contributed by atoms with Gasteiger partial charge in [-0.15, -0.1) is 10.2 Å². The van der Waals surface area contributed by atoms with Gasteiger partial charge >= 0.3 is 0 Å². The van der Waals surface area contributed by atoms with Crippen LogP contribution in [0.5, 0.6) is 0 Å². The molecular formula is C14H15ClN4O3S. The summed E-state index contributed by atoms with van der Waals surface area (Å²) in [5, 5.41) is 22.8. The van der Waals surface area contributed by atoms with Crippen LogP contribution in [0.1, 0.15) is 36.1 Å². The van der Waals surface area contributed by atoms with Crippen LogP contribution in [0.2, 0.25) is 5.02 Å². The van der Waals surface area contributed by atoms with E-state index in [1.807, 2.05) is 0 Å². The van der Waals surface area contributed by atoms with Crippen LogP contribution >= 0.6 is 22.9 Å². The summed E-state index contributed by atoms with van der Waals surface area (Å²) in [4.78, 5) is 22.6. The van der Waals surface area contributed by atoms with Crippen LogP contribution in [-0.2, 0) is 6.42 Å². The van der Waals surface area contributed by atoms with Crippen molar-refractivity contribution in [2.24, 2.45) is 5.41 Å². The molecule has 0 aliphatic rings. The summed E-state index contributed by atoms with van der Waals surface area (Å²) in [6, 6.07) is 3.82. The zero-order valence-electron chi connectivity index (χ0n) is 12.8. The Morgan fingerprint density at radius 1 is 1.39 bits per heavy atom. The summed E-state index contributed by atoms with van der Waals surface area (Å²) >= 11 is 7.06. The molecule has 7 nitrogen and oxygen atoms in total. The number of rotatable bonds is 4. The van der Waals surface area contributed by atoms with Gasteiger partial charge in [0.1, 0.15) is 10.6 Å². The van der Waals surface area contributed by atoms with Gasteiger partial charge in [0.15, 0.2) is 0 Å². The fourth-order valence-electron chi connectivity index (χ4n) is 1.84. The molecule has 0 atom stereocenters. The average Bonchev–Trinajstić information content (AvgIpc) is 2.83. The first-order chi connectivity index (χ1) is 10.7. The lowest BCUT2D eigenvalue weighted by Gasteiger charge is -2.14. The molecule has 2 rings (SSSR count). The molecule has 1 amide bonds. The third-order valence-electron chi connectivity index (χ3n) is 2.77. The van der Waals surface area contributed by atoms with Gasteiger partial charge in [0.05, 0.1) is 4.92 Å². The first kappa shape index (κ1) is 17.3. The first-order valence-corrected chi connectivity index (χ1v) is 7.93. The smallest absolute Gasteiger partial charge is 0.282 e. The van der Waals surface area contributed by atoms with E-state index in [0.717, 1.165) is 11.4 Å². The molecule has 1 aromatic carbocycles. The Morgan fingerprint density at radius 2 is 2.09 bits per heavy atom. The highest BCUT2D eigenvalue weighted by Crippen LogP contribution is 2.27. The molecule has 0 aliphatic carbocycles. The Morgan fingerprint density at radius 3 is 2.70 bits per heavy atom. The first-order valence-electron chi connectivity index (χ1n) is 6.73. The lowest BCUT2D eigenvalue weighted by Crippen LogP contribution is -2.13. The van der Waals surface area contributed by atoms with Crippen molar-refractivity contribution in [3.63, 3.8) is 0 Å². The van der Waals surface area contributed by atoms with Gasteiger partial charge in [0.25, 0.3) is 11.6 Å². The molecule has 0 unspecified atom stereocenters. The van der Waals surface area contributed by atoms with Crippen LogP contribution in [0.15, 0.2) is 18.2 Å². The Labute approximate surface area is 141 Å². The Bertz CT molecular complexity index is 755. The molecule has 0 spiro atoms. The topological polar surface area (TPSA) is 98.0 Å². The number of aromatic nitrogens is 2. The van der Waals surface area contributed by atoms with E-state index in [1.54, 1.807) is 0 Å². The van der Waals surface area contributed by atoms with Crippen molar-refractivity contribution in [2.45, 2.75) is 27.2 Å². The second kappa shape index (κ2) is 6.59. The minimum Gasteiger partial charge on any atom is -0.296 e. The normalized spacial score (nSPS) is 11.3. The van der Waals surface area contributed by atoms with Crippen LogP contribution in [0.4, 0.5) is 10.8 Å². The number of nitro groups is 1. The lowest BCUT2D eigenvalue weighted by molar-refractivity contribution is -0.385. The highest BCUT2D eigenvalue weighted by atomic mass is 35.5. The summed E-state index contributed by atoms with van der Waals surface area (Å²) in [6.45, 7) is 6.21. The summed E-state index contributed by atoms with van der Waals surface area (Å²) in [5.74, 6) is -0.641. The molecule has 9 heteroatoms. The molecular weight excluding hydrogens is 340 g/mol. The van der Waals surface area contributed by atoms with Gasteiger partial charge in [0, 0.05) is 17.5 Å². The highest BCUT2D eigenvalue weighted by molar-refractivity contribution is 7.15. The number of carbonyl (C=O) groups is 1. The quantitative estimate of drug-likeness (QED) is 0.662. The number of halogens is 1. The Hall–Kier alpha value is -2.06. The Kier molecular flexibility index (Phi) is 4.96. The number of nitrogens with zero attached hydrogens (tertiary/aromatic N) is 3. The monoisotopic (exact) mass is 354 g/mol. The van der Waals surface area contributed by atoms with Crippen molar-refractivity contribution in [1.29, 1.82) is 0 Å². The van der Waals surface area contributed by atoms with E-state index < -0.39 is 10.8 Å². The number of benzene rings is 1. The molecule has 0 saturated carbocycles. The van der Waals surface area contributed by atoms with Gasteiger partial charge in [-0.1, -0.05) is 43.7 Å². The van der Waals surface area contributed by atoms with E-state index in [4.69, 9.17) is 11.6 Å². The fraction of sp³-hybridized carbons (Fsp3) is 0.357. The van der Waals surface area contributed by atoms with Crippen LogP contribution in [0.3, 0.4) is 0 Å². The second-order valence-electron chi connectivity index (χ2n) is 6.11. The summed E-state index contributed by atoms with van der Waals surface area (Å²) < 4.78 is 0. The third-order valence-corrected chi connectivity index (χ3v) is 3.84. The number of nitro benzene ring substituents is 1. The zero-order valence-corrected chi connectivity index (χ0v) is 14.4. The van der Waals surface area contributed by atoms with Crippen LogP contribution < -0.4 is 5.32 Å². The largest absolute Gasteiger partial charge is 0.296 e. The van der Waals surface area contributed by atoms with E-state index in [9.17, 15) is 14.9 Å². The van der Waals surface area contributed by atoms with Crippen molar-refractivity contribution in [1.82, 2.24) is 10.2 Å². The van der Waals surface area contributed by atoms with Crippen molar-refractivity contribution in [2.75, 3.05) is 5.32 Å². The molecule has 0 saturated heterocycles. The predicted octanol–water partition coefficient (Wildman–Crippen LogP) is 3.94. The number of nitrogens with one attached hydrogen (secondary N) is 1. The number of anilines is 1. The van der Waals surface area contributed by atoms with Crippen LogP contribution in [0.25, 0.3) is 0 Å². The van der Waals surface area contributed by atoms with E-state index in [2.05, 4.69) is 36.3 Å². The maximum atomic E-state index is 12.3. The lowest BCUT2D eigenvalue weighted by atomic mass is 9.93. The second-order valence-corrected chi connectivity index (χ2v) is 7.61. The van der Waals surface area contributed by atoms with Crippen molar-refractivity contribution >= 4 is 39.7 Å². The van der Waals surface area contributed by atoms with Gasteiger partial charge < -0.3 is 0 Å². The van der Waals surface area contributed by atoms with E-state index >= 15 is 0 Å². The number of hydrogen-bond donors (Lipinski definition) is 1. The van der Waals surface area contributed by atoms with Gasteiger partial charge in [0.2, 0.25) is 5.13 Å². The van der Waals surface area contributed by atoms with E-state index in [-0.39, 0.29) is 21.7 Å². The molecule has 1 heterocycles. The Balaban J connectivity index is 2.20. The third kappa shape index (κ3) is 4.70. The number of carbonyl (C=O) groups excluding carboxylic acids is 1. The average molecular weight is 355 g/mol. The van der Waals surface area contributed by atoms with E-state index in [0.29, 0.717) is 5.13 Å². The maximum absolute atomic E-state index is 12.3. The van der Waals surface area contributed by atoms with Gasteiger partial charge in [-0.25, -0.2) is 0 Å². The maximum Gasteiger partial charge on any atom is 0.282 e. The minimum atomic E-state index is -0.641. The standard InChI is InChI=1S/C14H15ClN4O3S/c1-14(2,3)7-11-17-18-13(23-11)16-12(20)9-6-8(15)4-5-10(9)19(21)22/h4-6H,7H2,1-3H3,(H,16,18,20). The van der Waals surface area contributed by atoms with Gasteiger partial charge in [-0.2, -0.15) is 0 Å². The number of amides is 1. The van der Waals surface area contributed by atoms with Crippen molar-refractivity contribution < 1.29 is 9.72 Å². The molecule has 1 N–H and O–H groups in total. The number of hydrogen-bond acceptors (Lipinski definition) is 6.